The highest BCUT2D eigenvalue weighted by molar-refractivity contribution is 5.87. The molecule has 1 aliphatic rings. The lowest BCUT2D eigenvalue weighted by Gasteiger charge is -2.28. The number of benzene rings is 2. The molecule has 0 radical (unpaired) electrons. The highest BCUT2D eigenvalue weighted by atomic mass is 16.7. The topological polar surface area (TPSA) is 23.4 Å². The fourth-order valence-corrected chi connectivity index (χ4v) is 4.44. The van der Waals surface area contributed by atoms with Crippen molar-refractivity contribution in [2.75, 3.05) is 6.61 Å². The number of aromatic nitrogens is 1. The van der Waals surface area contributed by atoms with Crippen LogP contribution < -0.4 is 0 Å². The third kappa shape index (κ3) is 4.41. The van der Waals surface area contributed by atoms with Crippen molar-refractivity contribution in [1.82, 2.24) is 4.57 Å². The molecule has 1 fully saturated rings. The fourth-order valence-electron chi connectivity index (χ4n) is 4.44. The second kappa shape index (κ2) is 9.15. The van der Waals surface area contributed by atoms with Crippen molar-refractivity contribution >= 4 is 10.9 Å². The first-order valence-corrected chi connectivity index (χ1v) is 11.2. The number of rotatable bonds is 9. The number of para-hydroxylation sites is 1. The number of hydrogen-bond donors (Lipinski definition) is 0. The Morgan fingerprint density at radius 3 is 2.34 bits per heavy atom. The Labute approximate surface area is 174 Å². The third-order valence-corrected chi connectivity index (χ3v) is 6.00. The summed E-state index contributed by atoms with van der Waals surface area (Å²) in [5.41, 5.74) is 3.75. The van der Waals surface area contributed by atoms with Crippen molar-refractivity contribution < 1.29 is 9.47 Å². The van der Waals surface area contributed by atoms with E-state index in [0.717, 1.165) is 32.2 Å². The standard InChI is InChI=1S/C26H33NO2/c1-3-5-16-26(17-6-4-2)28-20-23(29-26)19-27-24-15-11-10-14-22(24)18-25(27)21-12-8-7-9-13-21/h7-15,18,23H,3-6,16-17,19-20H2,1-2H3. The van der Waals surface area contributed by atoms with E-state index in [1.165, 1.54) is 35.0 Å². The van der Waals surface area contributed by atoms with Crippen LogP contribution in [0.2, 0.25) is 0 Å². The highest BCUT2D eigenvalue weighted by Gasteiger charge is 2.40. The van der Waals surface area contributed by atoms with Crippen LogP contribution in [0.4, 0.5) is 0 Å². The molecule has 2 aromatic carbocycles. The van der Waals surface area contributed by atoms with Gasteiger partial charge in [0.2, 0.25) is 0 Å². The summed E-state index contributed by atoms with van der Waals surface area (Å²) in [6.45, 7) is 5.96. The number of fused-ring (bicyclic) bond motifs is 1. The van der Waals surface area contributed by atoms with Crippen LogP contribution >= 0.6 is 0 Å². The van der Waals surface area contributed by atoms with Gasteiger partial charge in [0.25, 0.3) is 0 Å². The van der Waals surface area contributed by atoms with Crippen LogP contribution in [0.15, 0.2) is 60.7 Å². The molecule has 1 aromatic heterocycles. The normalized spacial score (nSPS) is 18.5. The number of nitrogens with zero attached hydrogens (tertiary/aromatic N) is 1. The first-order valence-electron chi connectivity index (χ1n) is 11.2. The minimum atomic E-state index is -0.382. The zero-order valence-corrected chi connectivity index (χ0v) is 17.8. The van der Waals surface area contributed by atoms with Crippen LogP contribution in [-0.4, -0.2) is 23.1 Å². The monoisotopic (exact) mass is 391 g/mol. The van der Waals surface area contributed by atoms with E-state index in [1.54, 1.807) is 0 Å². The Morgan fingerprint density at radius 2 is 1.62 bits per heavy atom. The summed E-state index contributed by atoms with van der Waals surface area (Å²) in [6, 6.07) is 21.6. The Balaban J connectivity index is 1.61. The fraction of sp³-hybridized carbons (Fsp3) is 0.462. The van der Waals surface area contributed by atoms with Crippen LogP contribution in [-0.2, 0) is 16.0 Å². The SMILES string of the molecule is CCCCC1(CCCC)OCC(Cn2c(-c3ccccc3)cc3ccccc32)O1. The predicted molar refractivity (Wildman–Crippen MR) is 120 cm³/mol. The van der Waals surface area contributed by atoms with Gasteiger partial charge in [-0.25, -0.2) is 0 Å². The summed E-state index contributed by atoms with van der Waals surface area (Å²) in [5, 5.41) is 1.27. The first kappa shape index (κ1) is 20.2. The zero-order valence-electron chi connectivity index (χ0n) is 17.8. The van der Waals surface area contributed by atoms with Crippen LogP contribution in [0.1, 0.15) is 52.4 Å². The van der Waals surface area contributed by atoms with Gasteiger partial charge in [0.15, 0.2) is 5.79 Å². The van der Waals surface area contributed by atoms with Crippen molar-refractivity contribution in [3.05, 3.63) is 60.7 Å². The lowest BCUT2D eigenvalue weighted by atomic mass is 10.0. The smallest absolute Gasteiger partial charge is 0.168 e. The van der Waals surface area contributed by atoms with Gasteiger partial charge in [-0.2, -0.15) is 0 Å². The van der Waals surface area contributed by atoms with Crippen LogP contribution in [0, 0.1) is 0 Å². The lowest BCUT2D eigenvalue weighted by molar-refractivity contribution is -0.180. The van der Waals surface area contributed by atoms with E-state index in [4.69, 9.17) is 9.47 Å². The Morgan fingerprint density at radius 1 is 0.931 bits per heavy atom. The summed E-state index contributed by atoms with van der Waals surface area (Å²) in [7, 11) is 0. The molecule has 154 valence electrons. The van der Waals surface area contributed by atoms with Gasteiger partial charge in [0.05, 0.1) is 13.2 Å². The molecule has 0 N–H and O–H groups in total. The van der Waals surface area contributed by atoms with Gasteiger partial charge in [0, 0.05) is 29.4 Å². The molecule has 0 bridgehead atoms. The maximum absolute atomic E-state index is 6.62. The maximum atomic E-state index is 6.62. The van der Waals surface area contributed by atoms with Gasteiger partial charge in [0.1, 0.15) is 6.10 Å². The van der Waals surface area contributed by atoms with Crippen molar-refractivity contribution in [1.29, 1.82) is 0 Å². The van der Waals surface area contributed by atoms with E-state index >= 15 is 0 Å². The minimum absolute atomic E-state index is 0.0852. The molecule has 2 heterocycles. The van der Waals surface area contributed by atoms with Gasteiger partial charge in [-0.3, -0.25) is 0 Å². The summed E-state index contributed by atoms with van der Waals surface area (Å²) in [5.74, 6) is -0.382. The van der Waals surface area contributed by atoms with Gasteiger partial charge in [-0.1, -0.05) is 75.2 Å². The van der Waals surface area contributed by atoms with Gasteiger partial charge in [-0.05, 0) is 30.5 Å². The van der Waals surface area contributed by atoms with Crippen LogP contribution in [0.3, 0.4) is 0 Å². The number of hydrogen-bond acceptors (Lipinski definition) is 2. The van der Waals surface area contributed by atoms with Crippen LogP contribution in [0.25, 0.3) is 22.2 Å². The molecular formula is C26H33NO2. The molecule has 1 aliphatic heterocycles. The lowest BCUT2D eigenvalue weighted by Crippen LogP contribution is -2.31. The molecule has 1 atom stereocenters. The van der Waals surface area contributed by atoms with E-state index in [9.17, 15) is 0 Å². The largest absolute Gasteiger partial charge is 0.347 e. The minimum Gasteiger partial charge on any atom is -0.347 e. The van der Waals surface area contributed by atoms with Crippen LogP contribution in [0.5, 0.6) is 0 Å². The molecule has 0 saturated carbocycles. The van der Waals surface area contributed by atoms with E-state index < -0.39 is 0 Å². The molecule has 0 amide bonds. The maximum Gasteiger partial charge on any atom is 0.168 e. The van der Waals surface area contributed by atoms with E-state index in [-0.39, 0.29) is 11.9 Å². The van der Waals surface area contributed by atoms with Crippen molar-refractivity contribution in [3.63, 3.8) is 0 Å². The molecule has 0 spiro atoms. The Kier molecular flexibility index (Phi) is 6.37. The summed E-state index contributed by atoms with van der Waals surface area (Å²) >= 11 is 0. The summed E-state index contributed by atoms with van der Waals surface area (Å²) in [4.78, 5) is 0. The second-order valence-corrected chi connectivity index (χ2v) is 8.23. The second-order valence-electron chi connectivity index (χ2n) is 8.23. The number of unbranched alkanes of at least 4 members (excludes halogenated alkanes) is 2. The number of ether oxygens (including phenoxy) is 2. The summed E-state index contributed by atoms with van der Waals surface area (Å²) in [6.07, 6.45) is 6.73. The molecule has 1 saturated heterocycles. The molecule has 3 nitrogen and oxygen atoms in total. The van der Waals surface area contributed by atoms with Crippen molar-refractivity contribution in [2.24, 2.45) is 0 Å². The first-order chi connectivity index (χ1) is 14.2. The third-order valence-electron chi connectivity index (χ3n) is 6.00. The quantitative estimate of drug-likeness (QED) is 0.400. The molecule has 0 aliphatic carbocycles. The van der Waals surface area contributed by atoms with Crippen molar-refractivity contribution in [3.8, 4) is 11.3 Å². The molecular weight excluding hydrogens is 358 g/mol. The van der Waals surface area contributed by atoms with E-state index in [2.05, 4.69) is 79.1 Å². The molecule has 1 unspecified atom stereocenters. The molecule has 4 rings (SSSR count). The average molecular weight is 392 g/mol. The van der Waals surface area contributed by atoms with Gasteiger partial charge in [-0.15, -0.1) is 0 Å². The van der Waals surface area contributed by atoms with Crippen molar-refractivity contribution in [2.45, 2.75) is 70.8 Å². The highest BCUT2D eigenvalue weighted by Crippen LogP contribution is 2.36. The van der Waals surface area contributed by atoms with Gasteiger partial charge >= 0.3 is 0 Å². The van der Waals surface area contributed by atoms with E-state index in [1.807, 2.05) is 0 Å². The molecule has 29 heavy (non-hydrogen) atoms. The average Bonchev–Trinajstić information content (AvgIpc) is 3.34. The Hall–Kier alpha value is -2.10. The molecule has 3 heteroatoms. The zero-order chi connectivity index (χ0) is 20.1. The van der Waals surface area contributed by atoms with E-state index in [0.29, 0.717) is 6.61 Å². The van der Waals surface area contributed by atoms with Gasteiger partial charge < -0.3 is 14.0 Å². The molecule has 3 aromatic rings. The Bertz CT molecular complexity index is 907. The predicted octanol–water partition coefficient (Wildman–Crippen LogP) is 6.80. The summed E-state index contributed by atoms with van der Waals surface area (Å²) < 4.78 is 15.4.